The van der Waals surface area contributed by atoms with E-state index in [1.807, 2.05) is 37.5 Å². The Bertz CT molecular complexity index is 758. The third kappa shape index (κ3) is 4.72. The summed E-state index contributed by atoms with van der Waals surface area (Å²) in [4.78, 5) is 0. The molecule has 0 aliphatic heterocycles. The van der Waals surface area contributed by atoms with Crippen molar-refractivity contribution < 1.29 is 4.74 Å². The minimum atomic E-state index is -0.586. The first-order valence-electron chi connectivity index (χ1n) is 7.91. The molecule has 2 heteroatoms. The quantitative estimate of drug-likeness (QED) is 0.495. The van der Waals surface area contributed by atoms with Gasteiger partial charge in [-0.3, -0.25) is 0 Å². The highest BCUT2D eigenvalue weighted by Gasteiger charge is 2.21. The summed E-state index contributed by atoms with van der Waals surface area (Å²) in [5.41, 5.74) is 1.83. The van der Waals surface area contributed by atoms with Gasteiger partial charge in [-0.15, -0.1) is 0 Å². The monoisotopic (exact) mass is 305 g/mol. The molecular weight excluding hydrogens is 282 g/mol. The molecule has 2 aromatic rings. The molecule has 2 aromatic carbocycles. The normalized spacial score (nSPS) is 13.5. The van der Waals surface area contributed by atoms with Crippen LogP contribution in [0, 0.1) is 11.5 Å². The van der Waals surface area contributed by atoms with Gasteiger partial charge in [-0.1, -0.05) is 60.2 Å². The van der Waals surface area contributed by atoms with Crippen LogP contribution in [-0.4, -0.2) is 5.60 Å². The number of hydrogen-bond acceptors (Lipinski definition) is 2. The van der Waals surface area contributed by atoms with Gasteiger partial charge >= 0.3 is 0 Å². The van der Waals surface area contributed by atoms with Crippen LogP contribution in [0.4, 0.5) is 0 Å². The Labute approximate surface area is 138 Å². The van der Waals surface area contributed by atoms with Crippen molar-refractivity contribution in [2.24, 2.45) is 0 Å². The highest BCUT2D eigenvalue weighted by atomic mass is 16.5. The van der Waals surface area contributed by atoms with Gasteiger partial charge in [0.25, 0.3) is 6.26 Å². The molecule has 0 heterocycles. The van der Waals surface area contributed by atoms with Crippen molar-refractivity contribution in [2.75, 3.05) is 0 Å². The van der Waals surface area contributed by atoms with Crippen LogP contribution in [0.25, 0.3) is 16.8 Å². The van der Waals surface area contributed by atoms with Crippen molar-refractivity contribution in [3.05, 3.63) is 65.8 Å². The molecule has 0 amide bonds. The number of nitriles is 1. The number of fused-ring (bicyclic) bond motifs is 1. The van der Waals surface area contributed by atoms with E-state index in [1.165, 1.54) is 16.3 Å². The second-order valence-electron chi connectivity index (χ2n) is 6.23. The molecule has 0 aliphatic carbocycles. The zero-order chi connectivity index (χ0) is 16.7. The summed E-state index contributed by atoms with van der Waals surface area (Å²) < 4.78 is 5.33. The summed E-state index contributed by atoms with van der Waals surface area (Å²) in [7, 11) is 0. The lowest BCUT2D eigenvalue weighted by molar-refractivity contribution is 0.0943. The molecule has 0 radical (unpaired) electrons. The Kier molecular flexibility index (Phi) is 5.60. The molecule has 0 bridgehead atoms. The maximum atomic E-state index is 8.96. The Balaban J connectivity index is 2.26. The predicted molar refractivity (Wildman–Crippen MR) is 96.8 cm³/mol. The molecule has 2 nitrogen and oxygen atoms in total. The molecule has 1 atom stereocenters. The van der Waals surface area contributed by atoms with Crippen molar-refractivity contribution in [1.29, 1.82) is 5.26 Å². The number of benzene rings is 2. The number of allylic oxidation sites excluding steroid dienone is 2. The van der Waals surface area contributed by atoms with Crippen molar-refractivity contribution in [3.8, 4) is 6.26 Å². The first-order valence-corrected chi connectivity index (χ1v) is 7.91. The fourth-order valence-corrected chi connectivity index (χ4v) is 2.58. The van der Waals surface area contributed by atoms with E-state index in [0.29, 0.717) is 0 Å². The molecule has 2 rings (SSSR count). The molecule has 0 aliphatic rings. The van der Waals surface area contributed by atoms with E-state index in [4.69, 9.17) is 10.00 Å². The maximum absolute atomic E-state index is 8.96. The third-order valence-corrected chi connectivity index (χ3v) is 3.91. The lowest BCUT2D eigenvalue weighted by atomic mass is 9.96. The number of rotatable bonds is 6. The predicted octanol–water partition coefficient (Wildman–Crippen LogP) is 5.86. The summed E-state index contributed by atoms with van der Waals surface area (Å²) in [5.74, 6) is 0. The van der Waals surface area contributed by atoms with Gasteiger partial charge in [0.1, 0.15) is 5.60 Å². The largest absolute Gasteiger partial charge is 0.417 e. The summed E-state index contributed by atoms with van der Waals surface area (Å²) in [5, 5.41) is 11.4. The smallest absolute Gasteiger partial charge is 0.287 e. The summed E-state index contributed by atoms with van der Waals surface area (Å²) in [6.45, 7) is 6.11. The van der Waals surface area contributed by atoms with Gasteiger partial charge < -0.3 is 4.74 Å². The molecule has 118 valence electrons. The standard InChI is InChI=1S/C21H23NO/c1-17(2)8-7-14-21(3,23-16-22)15-13-19-11-6-10-18-9-4-5-12-20(18)19/h4-6,8-13,15H,7,14H2,1-3H3. The van der Waals surface area contributed by atoms with Gasteiger partial charge in [-0.25, -0.2) is 0 Å². The average molecular weight is 305 g/mol. The topological polar surface area (TPSA) is 33.0 Å². The van der Waals surface area contributed by atoms with E-state index >= 15 is 0 Å². The molecule has 0 spiro atoms. The van der Waals surface area contributed by atoms with E-state index in [2.05, 4.69) is 50.3 Å². The first kappa shape index (κ1) is 16.8. The van der Waals surface area contributed by atoms with E-state index in [1.54, 1.807) is 0 Å². The highest BCUT2D eigenvalue weighted by molar-refractivity contribution is 5.90. The van der Waals surface area contributed by atoms with Crippen molar-refractivity contribution in [1.82, 2.24) is 0 Å². The lowest BCUT2D eigenvalue weighted by Gasteiger charge is -2.22. The van der Waals surface area contributed by atoms with Crippen LogP contribution >= 0.6 is 0 Å². The van der Waals surface area contributed by atoms with E-state index in [0.717, 1.165) is 18.4 Å². The zero-order valence-corrected chi connectivity index (χ0v) is 14.0. The average Bonchev–Trinajstić information content (AvgIpc) is 2.53. The minimum Gasteiger partial charge on any atom is -0.417 e. The first-order chi connectivity index (χ1) is 11.0. The van der Waals surface area contributed by atoms with Crippen molar-refractivity contribution in [2.45, 2.75) is 39.2 Å². The van der Waals surface area contributed by atoms with Gasteiger partial charge in [0.2, 0.25) is 0 Å². The van der Waals surface area contributed by atoms with Gasteiger partial charge in [0.15, 0.2) is 0 Å². The molecule has 0 saturated carbocycles. The highest BCUT2D eigenvalue weighted by Crippen LogP contribution is 2.24. The molecule has 0 saturated heterocycles. The lowest BCUT2D eigenvalue weighted by Crippen LogP contribution is -2.23. The maximum Gasteiger partial charge on any atom is 0.287 e. The van der Waals surface area contributed by atoms with Crippen molar-refractivity contribution >= 4 is 16.8 Å². The number of hydrogen-bond donors (Lipinski definition) is 0. The molecule has 0 fully saturated rings. The molecule has 1 unspecified atom stereocenters. The fraction of sp³-hybridized carbons (Fsp3) is 0.286. The Morgan fingerprint density at radius 3 is 2.65 bits per heavy atom. The van der Waals surface area contributed by atoms with Gasteiger partial charge in [0, 0.05) is 0 Å². The van der Waals surface area contributed by atoms with Crippen LogP contribution in [0.1, 0.15) is 39.2 Å². The summed E-state index contributed by atoms with van der Waals surface area (Å²) >= 11 is 0. The van der Waals surface area contributed by atoms with E-state index < -0.39 is 5.60 Å². The van der Waals surface area contributed by atoms with Gasteiger partial charge in [-0.2, -0.15) is 5.26 Å². The molecule has 23 heavy (non-hydrogen) atoms. The number of nitrogens with zero attached hydrogens (tertiary/aromatic N) is 1. The van der Waals surface area contributed by atoms with Crippen LogP contribution in [-0.2, 0) is 4.74 Å². The van der Waals surface area contributed by atoms with Crippen LogP contribution in [0.5, 0.6) is 0 Å². The molecule has 0 N–H and O–H groups in total. The Morgan fingerprint density at radius 1 is 1.17 bits per heavy atom. The van der Waals surface area contributed by atoms with Crippen LogP contribution < -0.4 is 0 Å². The van der Waals surface area contributed by atoms with Crippen LogP contribution in [0.2, 0.25) is 0 Å². The fourth-order valence-electron chi connectivity index (χ4n) is 2.58. The van der Waals surface area contributed by atoms with E-state index in [9.17, 15) is 0 Å². The van der Waals surface area contributed by atoms with Gasteiger partial charge in [-0.05, 0) is 56.0 Å². The zero-order valence-electron chi connectivity index (χ0n) is 14.0. The second kappa shape index (κ2) is 7.65. The third-order valence-electron chi connectivity index (χ3n) is 3.91. The second-order valence-corrected chi connectivity index (χ2v) is 6.23. The molecular formula is C21H23NO. The Hall–Kier alpha value is -2.53. The Morgan fingerprint density at radius 2 is 1.91 bits per heavy atom. The SMILES string of the molecule is CC(C)=CCCC(C)(C=Cc1cccc2ccccc12)OC#N. The van der Waals surface area contributed by atoms with Crippen LogP contribution in [0.3, 0.4) is 0 Å². The minimum absolute atomic E-state index is 0.586. The molecule has 0 aromatic heterocycles. The summed E-state index contributed by atoms with van der Waals surface area (Å²) in [6.07, 6.45) is 9.73. The van der Waals surface area contributed by atoms with Crippen molar-refractivity contribution in [3.63, 3.8) is 0 Å². The van der Waals surface area contributed by atoms with Crippen LogP contribution in [0.15, 0.2) is 60.2 Å². The summed E-state index contributed by atoms with van der Waals surface area (Å²) in [6, 6.07) is 14.5. The number of ether oxygens (including phenoxy) is 1. The van der Waals surface area contributed by atoms with Gasteiger partial charge in [0.05, 0.1) is 0 Å². The van der Waals surface area contributed by atoms with E-state index in [-0.39, 0.29) is 0 Å².